The highest BCUT2D eigenvalue weighted by Crippen LogP contribution is 2.19. The smallest absolute Gasteiger partial charge is 0.315 e. The summed E-state index contributed by atoms with van der Waals surface area (Å²) < 4.78 is 5.41. The molecule has 1 amide bonds. The predicted octanol–water partition coefficient (Wildman–Crippen LogP) is 5.30. The summed E-state index contributed by atoms with van der Waals surface area (Å²) in [5.74, 6) is -0.0402. The average Bonchev–Trinajstić information content (AvgIpc) is 3.24. The molecule has 5 heteroatoms. The number of hydrogen-bond acceptors (Lipinski definition) is 4. The Morgan fingerprint density at radius 3 is 2.39 bits per heavy atom. The van der Waals surface area contributed by atoms with Crippen molar-refractivity contribution in [3.63, 3.8) is 0 Å². The van der Waals surface area contributed by atoms with Gasteiger partial charge < -0.3 is 10.1 Å². The maximum absolute atomic E-state index is 12.2. The van der Waals surface area contributed by atoms with Crippen LogP contribution in [0.25, 0.3) is 10.8 Å². The van der Waals surface area contributed by atoms with Crippen LogP contribution in [0.5, 0.6) is 5.75 Å². The number of amides is 1. The summed E-state index contributed by atoms with van der Waals surface area (Å²) in [5, 5.41) is 6.90. The van der Waals surface area contributed by atoms with Crippen molar-refractivity contribution in [3.8, 4) is 5.75 Å². The van der Waals surface area contributed by atoms with Crippen molar-refractivity contribution in [1.82, 2.24) is 0 Å². The summed E-state index contributed by atoms with van der Waals surface area (Å²) in [7, 11) is 0. The van der Waals surface area contributed by atoms with Gasteiger partial charge in [-0.05, 0) is 52.0 Å². The average molecular weight is 387 g/mol. The lowest BCUT2D eigenvalue weighted by Crippen LogP contribution is -2.12. The number of carbonyl (C=O) groups is 2. The Morgan fingerprint density at radius 1 is 0.857 bits per heavy atom. The molecule has 0 unspecified atom stereocenters. The zero-order valence-electron chi connectivity index (χ0n) is 14.9. The first-order chi connectivity index (χ1) is 13.7. The van der Waals surface area contributed by atoms with Crippen LogP contribution in [0.4, 0.5) is 5.69 Å². The Kier molecular flexibility index (Phi) is 5.17. The fourth-order valence-electron chi connectivity index (χ4n) is 2.89. The third-order valence-electron chi connectivity index (χ3n) is 4.25. The maximum atomic E-state index is 12.2. The molecule has 0 aliphatic rings. The van der Waals surface area contributed by atoms with E-state index < -0.39 is 0 Å². The zero-order valence-corrected chi connectivity index (χ0v) is 15.7. The molecule has 4 aromatic rings. The fraction of sp³-hybridized carbons (Fsp3) is 0.0435. The molecule has 0 radical (unpaired) electrons. The van der Waals surface area contributed by atoms with Crippen LogP contribution in [0.1, 0.15) is 15.2 Å². The molecular formula is C23H17NO3S. The third-order valence-corrected chi connectivity index (χ3v) is 5.12. The molecule has 138 valence electrons. The van der Waals surface area contributed by atoms with Gasteiger partial charge in [0.1, 0.15) is 5.75 Å². The lowest BCUT2D eigenvalue weighted by atomic mass is 10.1. The topological polar surface area (TPSA) is 55.4 Å². The molecule has 28 heavy (non-hydrogen) atoms. The standard InChI is InChI=1S/C23H17NO3S/c25-22(15-16-7-8-17-4-1-2-5-18(17)14-16)27-20-11-9-19(10-12-20)24-23(26)21-6-3-13-28-21/h1-14H,15H2,(H,24,26). The highest BCUT2D eigenvalue weighted by atomic mass is 32.1. The van der Waals surface area contributed by atoms with Crippen LogP contribution in [-0.2, 0) is 11.2 Å². The molecule has 0 fully saturated rings. The highest BCUT2D eigenvalue weighted by Gasteiger charge is 2.09. The van der Waals surface area contributed by atoms with Crippen molar-refractivity contribution in [2.45, 2.75) is 6.42 Å². The normalized spacial score (nSPS) is 10.6. The van der Waals surface area contributed by atoms with Gasteiger partial charge in [0.15, 0.2) is 0 Å². The van der Waals surface area contributed by atoms with Gasteiger partial charge in [-0.25, -0.2) is 0 Å². The number of carbonyl (C=O) groups excluding carboxylic acids is 2. The highest BCUT2D eigenvalue weighted by molar-refractivity contribution is 7.12. The molecule has 0 bridgehead atoms. The van der Waals surface area contributed by atoms with Crippen LogP contribution in [0, 0.1) is 0 Å². The van der Waals surface area contributed by atoms with Gasteiger partial charge in [-0.2, -0.15) is 0 Å². The van der Waals surface area contributed by atoms with E-state index in [1.54, 1.807) is 30.3 Å². The summed E-state index contributed by atoms with van der Waals surface area (Å²) in [6.07, 6.45) is 0.196. The van der Waals surface area contributed by atoms with Crippen molar-refractivity contribution >= 4 is 39.7 Å². The second kappa shape index (κ2) is 8.06. The number of ether oxygens (including phenoxy) is 1. The second-order valence-electron chi connectivity index (χ2n) is 6.29. The van der Waals surface area contributed by atoms with Crippen LogP contribution in [-0.4, -0.2) is 11.9 Å². The van der Waals surface area contributed by atoms with Gasteiger partial charge in [-0.1, -0.05) is 48.5 Å². The van der Waals surface area contributed by atoms with Gasteiger partial charge in [0, 0.05) is 5.69 Å². The van der Waals surface area contributed by atoms with Gasteiger partial charge in [0.25, 0.3) is 5.91 Å². The first-order valence-corrected chi connectivity index (χ1v) is 9.69. The van der Waals surface area contributed by atoms with Crippen molar-refractivity contribution in [1.29, 1.82) is 0 Å². The quantitative estimate of drug-likeness (QED) is 0.373. The van der Waals surface area contributed by atoms with E-state index in [2.05, 4.69) is 5.32 Å². The zero-order chi connectivity index (χ0) is 19.3. The first-order valence-electron chi connectivity index (χ1n) is 8.81. The monoisotopic (exact) mass is 387 g/mol. The van der Waals surface area contributed by atoms with Crippen molar-refractivity contribution < 1.29 is 14.3 Å². The van der Waals surface area contributed by atoms with Crippen molar-refractivity contribution in [2.24, 2.45) is 0 Å². The van der Waals surface area contributed by atoms with Crippen molar-refractivity contribution in [3.05, 3.63) is 94.7 Å². The Balaban J connectivity index is 1.36. The van der Waals surface area contributed by atoms with Gasteiger partial charge in [-0.15, -0.1) is 11.3 Å². The molecule has 1 N–H and O–H groups in total. The molecule has 0 saturated carbocycles. The van der Waals surface area contributed by atoms with E-state index in [1.807, 2.05) is 53.9 Å². The SMILES string of the molecule is O=C(Cc1ccc2ccccc2c1)Oc1ccc(NC(=O)c2cccs2)cc1. The molecule has 4 nitrogen and oxygen atoms in total. The first kappa shape index (κ1) is 17.9. The van der Waals surface area contributed by atoms with Crippen LogP contribution in [0.15, 0.2) is 84.2 Å². The number of esters is 1. The van der Waals surface area contributed by atoms with Gasteiger partial charge in [0.2, 0.25) is 0 Å². The van der Waals surface area contributed by atoms with E-state index in [4.69, 9.17) is 4.74 Å². The minimum Gasteiger partial charge on any atom is -0.426 e. The largest absolute Gasteiger partial charge is 0.426 e. The van der Waals surface area contributed by atoms with E-state index in [9.17, 15) is 9.59 Å². The Morgan fingerprint density at radius 2 is 1.64 bits per heavy atom. The van der Waals surface area contributed by atoms with Crippen molar-refractivity contribution in [2.75, 3.05) is 5.32 Å². The maximum Gasteiger partial charge on any atom is 0.315 e. The summed E-state index contributed by atoms with van der Waals surface area (Å²) in [4.78, 5) is 24.9. The summed E-state index contributed by atoms with van der Waals surface area (Å²) in [6, 6.07) is 24.3. The second-order valence-corrected chi connectivity index (χ2v) is 7.24. The van der Waals surface area contributed by atoms with Crippen LogP contribution < -0.4 is 10.1 Å². The van der Waals surface area contributed by atoms with Crippen LogP contribution in [0.2, 0.25) is 0 Å². The van der Waals surface area contributed by atoms with Crippen LogP contribution >= 0.6 is 11.3 Å². The lowest BCUT2D eigenvalue weighted by molar-refractivity contribution is -0.133. The number of fused-ring (bicyclic) bond motifs is 1. The molecule has 3 aromatic carbocycles. The number of rotatable bonds is 5. The van der Waals surface area contributed by atoms with E-state index >= 15 is 0 Å². The fourth-order valence-corrected chi connectivity index (χ4v) is 3.51. The molecule has 1 aromatic heterocycles. The summed E-state index contributed by atoms with van der Waals surface area (Å²) in [5.41, 5.74) is 1.55. The van der Waals surface area contributed by atoms with Gasteiger partial charge in [-0.3, -0.25) is 9.59 Å². The lowest BCUT2D eigenvalue weighted by Gasteiger charge is -2.07. The van der Waals surface area contributed by atoms with E-state index in [0.29, 0.717) is 16.3 Å². The third kappa shape index (κ3) is 4.27. The summed E-state index contributed by atoms with van der Waals surface area (Å²) >= 11 is 1.38. The minimum atomic E-state index is -0.328. The Labute approximate surface area is 166 Å². The Bertz CT molecular complexity index is 1120. The van der Waals surface area contributed by atoms with E-state index in [-0.39, 0.29) is 18.3 Å². The number of benzene rings is 3. The molecule has 0 atom stereocenters. The van der Waals surface area contributed by atoms with Gasteiger partial charge in [0.05, 0.1) is 11.3 Å². The summed E-state index contributed by atoms with van der Waals surface area (Å²) in [6.45, 7) is 0. The number of hydrogen-bond donors (Lipinski definition) is 1. The minimum absolute atomic E-state index is 0.156. The molecule has 4 rings (SSSR count). The van der Waals surface area contributed by atoms with Crippen LogP contribution in [0.3, 0.4) is 0 Å². The van der Waals surface area contributed by atoms with E-state index in [1.165, 1.54) is 11.3 Å². The predicted molar refractivity (Wildman–Crippen MR) is 112 cm³/mol. The molecule has 0 aliphatic heterocycles. The molecule has 0 saturated heterocycles. The van der Waals surface area contributed by atoms with E-state index in [0.717, 1.165) is 16.3 Å². The molecule has 0 spiro atoms. The number of thiophene rings is 1. The molecule has 0 aliphatic carbocycles. The van der Waals surface area contributed by atoms with Gasteiger partial charge >= 0.3 is 5.97 Å². The Hall–Kier alpha value is -3.44. The molecule has 1 heterocycles. The number of anilines is 1. The molecular weight excluding hydrogens is 370 g/mol. The number of nitrogens with one attached hydrogen (secondary N) is 1.